The Morgan fingerprint density at radius 2 is 2.18 bits per heavy atom. The van der Waals surface area contributed by atoms with Gasteiger partial charge in [0, 0.05) is 18.8 Å². The van der Waals surface area contributed by atoms with Gasteiger partial charge in [0.25, 0.3) is 0 Å². The van der Waals surface area contributed by atoms with Gasteiger partial charge in [-0.05, 0) is 61.1 Å². The first-order chi connectivity index (χ1) is 13.5. The molecule has 3 fully saturated rings. The van der Waals surface area contributed by atoms with E-state index in [9.17, 15) is 14.4 Å². The van der Waals surface area contributed by atoms with Crippen LogP contribution in [0.1, 0.15) is 37.3 Å². The van der Waals surface area contributed by atoms with E-state index in [0.717, 1.165) is 38.6 Å². The standard InChI is InChI=1S/C22H27N3O3/c1-13-4-6-16-19-20(27)25(21(28)22(13,16)19)12-18(26)24-10-8-14-5-7-17-15(11-14)3-2-9-23-17/h5,7,11,13,16,19,23H,2-4,6,8-10,12H2,1H3,(H,24,26)/t13-,16+,19?,22?/m0/s1. The van der Waals surface area contributed by atoms with Gasteiger partial charge in [-0.1, -0.05) is 19.1 Å². The molecule has 0 bridgehead atoms. The topological polar surface area (TPSA) is 78.5 Å². The van der Waals surface area contributed by atoms with Crippen LogP contribution < -0.4 is 10.6 Å². The van der Waals surface area contributed by atoms with E-state index < -0.39 is 5.41 Å². The maximum absolute atomic E-state index is 12.9. The number of nitrogens with one attached hydrogen (secondary N) is 2. The van der Waals surface area contributed by atoms with Gasteiger partial charge in [0.05, 0.1) is 11.3 Å². The minimum Gasteiger partial charge on any atom is -0.385 e. The lowest BCUT2D eigenvalue weighted by Gasteiger charge is -2.21. The molecule has 0 radical (unpaired) electrons. The van der Waals surface area contributed by atoms with Crippen LogP contribution >= 0.6 is 0 Å². The molecule has 5 rings (SSSR count). The highest BCUT2D eigenvalue weighted by molar-refractivity contribution is 6.14. The highest BCUT2D eigenvalue weighted by Crippen LogP contribution is 2.74. The Morgan fingerprint density at radius 1 is 1.32 bits per heavy atom. The van der Waals surface area contributed by atoms with Crippen LogP contribution in [-0.2, 0) is 27.2 Å². The third kappa shape index (κ3) is 2.43. The molecule has 4 aliphatic rings. The Labute approximate surface area is 165 Å². The largest absolute Gasteiger partial charge is 0.385 e. The van der Waals surface area contributed by atoms with Gasteiger partial charge in [-0.3, -0.25) is 19.3 Å². The summed E-state index contributed by atoms with van der Waals surface area (Å²) in [5, 5.41) is 6.28. The maximum Gasteiger partial charge on any atom is 0.240 e. The van der Waals surface area contributed by atoms with Crippen molar-refractivity contribution in [2.24, 2.45) is 23.2 Å². The second-order valence-corrected chi connectivity index (χ2v) is 8.85. The molecule has 1 saturated heterocycles. The number of likely N-dealkylation sites (tertiary alicyclic amines) is 1. The number of piperidine rings is 1. The van der Waals surface area contributed by atoms with Crippen LogP contribution in [0.2, 0.25) is 0 Å². The highest BCUT2D eigenvalue weighted by atomic mass is 16.2. The molecule has 2 aliphatic carbocycles. The second kappa shape index (κ2) is 6.33. The van der Waals surface area contributed by atoms with Gasteiger partial charge in [-0.25, -0.2) is 0 Å². The van der Waals surface area contributed by atoms with Gasteiger partial charge < -0.3 is 10.6 Å². The summed E-state index contributed by atoms with van der Waals surface area (Å²) in [4.78, 5) is 39.0. The summed E-state index contributed by atoms with van der Waals surface area (Å²) in [6, 6.07) is 6.40. The number of hydrogen-bond donors (Lipinski definition) is 2. The van der Waals surface area contributed by atoms with Crippen molar-refractivity contribution in [1.29, 1.82) is 0 Å². The SMILES string of the molecule is C[C@H]1CC[C@@H]2C3C(=O)N(CC(=O)NCCc4ccc5c(c4)CCCN5)C(=O)C321. The molecule has 4 atom stereocenters. The van der Waals surface area contributed by atoms with E-state index in [1.54, 1.807) is 0 Å². The van der Waals surface area contributed by atoms with Crippen LogP contribution in [0.25, 0.3) is 0 Å². The van der Waals surface area contributed by atoms with Crippen LogP contribution in [0.5, 0.6) is 0 Å². The van der Waals surface area contributed by atoms with Crippen molar-refractivity contribution in [2.45, 2.75) is 39.0 Å². The first-order valence-electron chi connectivity index (χ1n) is 10.5. The smallest absolute Gasteiger partial charge is 0.240 e. The van der Waals surface area contributed by atoms with Gasteiger partial charge in [-0.2, -0.15) is 0 Å². The average molecular weight is 381 g/mol. The molecule has 2 saturated carbocycles. The summed E-state index contributed by atoms with van der Waals surface area (Å²) in [6.45, 7) is 3.47. The molecule has 6 heteroatoms. The maximum atomic E-state index is 12.9. The lowest BCUT2D eigenvalue weighted by Crippen LogP contribution is -2.44. The van der Waals surface area contributed by atoms with E-state index >= 15 is 0 Å². The number of amides is 3. The molecule has 148 valence electrons. The van der Waals surface area contributed by atoms with Crippen LogP contribution in [0.4, 0.5) is 5.69 Å². The molecule has 28 heavy (non-hydrogen) atoms. The normalized spacial score (nSPS) is 32.5. The summed E-state index contributed by atoms with van der Waals surface area (Å²) in [5.74, 6) is -0.138. The van der Waals surface area contributed by atoms with Crippen molar-refractivity contribution < 1.29 is 14.4 Å². The van der Waals surface area contributed by atoms with Crippen LogP contribution in [0.3, 0.4) is 0 Å². The van der Waals surface area contributed by atoms with Crippen molar-refractivity contribution >= 4 is 23.4 Å². The van der Waals surface area contributed by atoms with Crippen molar-refractivity contribution in [2.75, 3.05) is 25.0 Å². The molecule has 1 aromatic rings. The molecule has 6 nitrogen and oxygen atoms in total. The summed E-state index contributed by atoms with van der Waals surface area (Å²) in [6.07, 6.45) is 4.96. The van der Waals surface area contributed by atoms with Gasteiger partial charge in [0.2, 0.25) is 17.7 Å². The Kier molecular flexibility index (Phi) is 4.00. The molecule has 2 N–H and O–H groups in total. The number of imide groups is 1. The van der Waals surface area contributed by atoms with Crippen molar-refractivity contribution in [3.63, 3.8) is 0 Å². The minimum absolute atomic E-state index is 0.102. The zero-order valence-corrected chi connectivity index (χ0v) is 16.3. The number of benzene rings is 1. The fourth-order valence-electron chi connectivity index (χ4n) is 5.99. The zero-order chi connectivity index (χ0) is 19.5. The third-order valence-electron chi connectivity index (χ3n) is 7.44. The summed E-state index contributed by atoms with van der Waals surface area (Å²) < 4.78 is 0. The number of carbonyl (C=O) groups is 3. The molecule has 0 aromatic heterocycles. The lowest BCUT2D eigenvalue weighted by atomic mass is 9.90. The molecular formula is C22H27N3O3. The fraction of sp³-hybridized carbons (Fsp3) is 0.591. The van der Waals surface area contributed by atoms with E-state index in [-0.39, 0.29) is 42.0 Å². The van der Waals surface area contributed by atoms with Crippen molar-refractivity contribution in [3.05, 3.63) is 29.3 Å². The monoisotopic (exact) mass is 381 g/mol. The van der Waals surface area contributed by atoms with Gasteiger partial charge in [0.1, 0.15) is 6.54 Å². The lowest BCUT2D eigenvalue weighted by molar-refractivity contribution is -0.147. The predicted octanol–water partition coefficient (Wildman–Crippen LogP) is 1.73. The molecule has 2 unspecified atom stereocenters. The first-order valence-corrected chi connectivity index (χ1v) is 10.5. The van der Waals surface area contributed by atoms with E-state index in [1.807, 2.05) is 0 Å². The van der Waals surface area contributed by atoms with Crippen LogP contribution in [0, 0.1) is 23.2 Å². The quantitative estimate of drug-likeness (QED) is 0.762. The average Bonchev–Trinajstić information content (AvgIpc) is 3.18. The molecule has 1 aromatic carbocycles. The van der Waals surface area contributed by atoms with Crippen molar-refractivity contribution in [3.8, 4) is 0 Å². The van der Waals surface area contributed by atoms with E-state index in [4.69, 9.17) is 0 Å². The Hall–Kier alpha value is -2.37. The summed E-state index contributed by atoms with van der Waals surface area (Å²) >= 11 is 0. The number of fused-ring (bicyclic) bond motifs is 2. The van der Waals surface area contributed by atoms with Crippen LogP contribution in [0.15, 0.2) is 18.2 Å². The van der Waals surface area contributed by atoms with Crippen molar-refractivity contribution in [1.82, 2.24) is 10.2 Å². The van der Waals surface area contributed by atoms with E-state index in [1.165, 1.54) is 21.7 Å². The van der Waals surface area contributed by atoms with Gasteiger partial charge in [0.15, 0.2) is 0 Å². The number of hydrogen-bond acceptors (Lipinski definition) is 4. The molecule has 2 heterocycles. The van der Waals surface area contributed by atoms with E-state index in [2.05, 4.69) is 35.8 Å². The Morgan fingerprint density at radius 3 is 3.00 bits per heavy atom. The summed E-state index contributed by atoms with van der Waals surface area (Å²) in [5.41, 5.74) is 3.28. The molecule has 1 spiro atoms. The van der Waals surface area contributed by atoms with Crippen LogP contribution in [-0.4, -0.2) is 42.3 Å². The number of rotatable bonds is 5. The predicted molar refractivity (Wildman–Crippen MR) is 104 cm³/mol. The minimum atomic E-state index is -0.464. The second-order valence-electron chi connectivity index (χ2n) is 8.85. The third-order valence-corrected chi connectivity index (χ3v) is 7.44. The number of anilines is 1. The first kappa shape index (κ1) is 17.7. The van der Waals surface area contributed by atoms with E-state index in [0.29, 0.717) is 6.54 Å². The number of nitrogens with zero attached hydrogens (tertiary/aromatic N) is 1. The number of aryl methyl sites for hydroxylation is 1. The molecular weight excluding hydrogens is 354 g/mol. The number of carbonyl (C=O) groups excluding carboxylic acids is 3. The van der Waals surface area contributed by atoms with Gasteiger partial charge >= 0.3 is 0 Å². The zero-order valence-electron chi connectivity index (χ0n) is 16.3. The molecule has 3 amide bonds. The highest BCUT2D eigenvalue weighted by Gasteiger charge is 2.82. The summed E-state index contributed by atoms with van der Waals surface area (Å²) in [7, 11) is 0. The fourth-order valence-corrected chi connectivity index (χ4v) is 5.99. The Balaban J connectivity index is 1.15. The Bertz CT molecular complexity index is 867. The molecule has 2 aliphatic heterocycles. The van der Waals surface area contributed by atoms with Gasteiger partial charge in [-0.15, -0.1) is 0 Å².